The number of nitrogens with two attached hydrogens (primary N) is 2. The van der Waals surface area contributed by atoms with Gasteiger partial charge in [-0.15, -0.1) is 0 Å². The predicted octanol–water partition coefficient (Wildman–Crippen LogP) is 5.08. The van der Waals surface area contributed by atoms with Crippen molar-refractivity contribution in [3.63, 3.8) is 0 Å². The fourth-order valence-corrected chi connectivity index (χ4v) is 4.06. The van der Waals surface area contributed by atoms with Crippen LogP contribution in [0.25, 0.3) is 22.3 Å². The van der Waals surface area contributed by atoms with Gasteiger partial charge in [-0.05, 0) is 23.3 Å². The van der Waals surface area contributed by atoms with Gasteiger partial charge in [0.15, 0.2) is 0 Å². The lowest BCUT2D eigenvalue weighted by atomic mass is 9.99. The molecule has 4 rings (SSSR count). The van der Waals surface area contributed by atoms with Crippen molar-refractivity contribution in [1.82, 2.24) is 0 Å². The Bertz CT molecular complexity index is 1220. The van der Waals surface area contributed by atoms with Crippen LogP contribution in [0.2, 0.25) is 0 Å². The van der Waals surface area contributed by atoms with Crippen LogP contribution in [0.3, 0.4) is 0 Å². The van der Waals surface area contributed by atoms with Crippen LogP contribution in [0.1, 0.15) is 11.1 Å². The van der Waals surface area contributed by atoms with Gasteiger partial charge in [-0.3, -0.25) is 0 Å². The Labute approximate surface area is 217 Å². The standard InChI is InChI=1S/C30H30N4O3/c31-33-21-25-13-7-15-27(29(25)23-9-3-1-4-10-23)36-19-17-35-18-20-37-28-16-8-14-26(22-34-32)30(28)24-11-5-2-6-12-24/h1-16,21-22H,17-20,31-32H2. The minimum absolute atomic E-state index is 0.390. The topological polar surface area (TPSA) is 104 Å². The molecule has 7 nitrogen and oxygen atoms in total. The van der Waals surface area contributed by atoms with Gasteiger partial charge in [0.2, 0.25) is 0 Å². The normalized spacial score (nSPS) is 11.2. The van der Waals surface area contributed by atoms with Crippen LogP contribution in [0.5, 0.6) is 11.5 Å². The van der Waals surface area contributed by atoms with Gasteiger partial charge in [-0.2, -0.15) is 10.2 Å². The van der Waals surface area contributed by atoms with Crippen molar-refractivity contribution >= 4 is 12.4 Å². The average Bonchev–Trinajstić information content (AvgIpc) is 2.94. The summed E-state index contributed by atoms with van der Waals surface area (Å²) in [6, 6.07) is 31.6. The zero-order chi connectivity index (χ0) is 25.7. The Balaban J connectivity index is 1.33. The second-order valence-electron chi connectivity index (χ2n) is 8.04. The van der Waals surface area contributed by atoms with Crippen molar-refractivity contribution < 1.29 is 14.2 Å². The first-order valence-electron chi connectivity index (χ1n) is 12.0. The summed E-state index contributed by atoms with van der Waals surface area (Å²) in [5.74, 6) is 12.3. The maximum atomic E-state index is 6.07. The highest BCUT2D eigenvalue weighted by atomic mass is 16.5. The molecule has 0 bridgehead atoms. The molecular weight excluding hydrogens is 464 g/mol. The second-order valence-corrected chi connectivity index (χ2v) is 8.04. The van der Waals surface area contributed by atoms with Gasteiger partial charge in [0.1, 0.15) is 24.7 Å². The summed E-state index contributed by atoms with van der Waals surface area (Å²) in [5, 5.41) is 7.39. The lowest BCUT2D eigenvalue weighted by Crippen LogP contribution is -2.13. The van der Waals surface area contributed by atoms with Crippen LogP contribution in [0.4, 0.5) is 0 Å². The molecule has 0 spiro atoms. The van der Waals surface area contributed by atoms with E-state index >= 15 is 0 Å². The molecular formula is C30H30N4O3. The quantitative estimate of drug-likeness (QED) is 0.124. The Hall–Kier alpha value is -4.62. The van der Waals surface area contributed by atoms with E-state index in [-0.39, 0.29) is 0 Å². The maximum Gasteiger partial charge on any atom is 0.127 e. The van der Waals surface area contributed by atoms with E-state index in [1.165, 1.54) is 0 Å². The molecule has 188 valence electrons. The first-order valence-corrected chi connectivity index (χ1v) is 12.0. The lowest BCUT2D eigenvalue weighted by Gasteiger charge is -2.15. The largest absolute Gasteiger partial charge is 0.491 e. The fourth-order valence-electron chi connectivity index (χ4n) is 4.06. The fraction of sp³-hybridized carbons (Fsp3) is 0.133. The summed E-state index contributed by atoms with van der Waals surface area (Å²) >= 11 is 0. The Morgan fingerprint density at radius 1 is 0.514 bits per heavy atom. The Morgan fingerprint density at radius 2 is 0.946 bits per heavy atom. The van der Waals surface area contributed by atoms with Gasteiger partial charge < -0.3 is 25.9 Å². The average molecular weight is 495 g/mol. The molecule has 0 heterocycles. The van der Waals surface area contributed by atoms with Gasteiger partial charge in [0.05, 0.1) is 25.6 Å². The van der Waals surface area contributed by atoms with Crippen molar-refractivity contribution in [2.24, 2.45) is 21.9 Å². The molecule has 0 aliphatic rings. The molecule has 0 unspecified atom stereocenters. The van der Waals surface area contributed by atoms with E-state index in [0.29, 0.717) is 26.4 Å². The number of benzene rings is 4. The number of nitrogens with zero attached hydrogens (tertiary/aromatic N) is 2. The van der Waals surface area contributed by atoms with E-state index in [1.54, 1.807) is 12.4 Å². The minimum atomic E-state index is 0.390. The molecule has 0 aliphatic heterocycles. The summed E-state index contributed by atoms with van der Waals surface area (Å²) in [6.07, 6.45) is 3.25. The summed E-state index contributed by atoms with van der Waals surface area (Å²) < 4.78 is 17.9. The minimum Gasteiger partial charge on any atom is -0.491 e. The SMILES string of the molecule is NN=Cc1cccc(OCCOCCOc2cccc(C=NN)c2-c2ccccc2)c1-c1ccccc1. The molecule has 0 aliphatic carbocycles. The van der Waals surface area contributed by atoms with E-state index in [4.69, 9.17) is 25.9 Å². The molecule has 0 saturated heterocycles. The zero-order valence-corrected chi connectivity index (χ0v) is 20.5. The van der Waals surface area contributed by atoms with Crippen molar-refractivity contribution in [2.45, 2.75) is 0 Å². The van der Waals surface area contributed by atoms with Crippen LogP contribution >= 0.6 is 0 Å². The first-order chi connectivity index (χ1) is 18.3. The summed E-state index contributed by atoms with van der Waals surface area (Å²) in [5.41, 5.74) is 5.70. The van der Waals surface area contributed by atoms with Crippen LogP contribution < -0.4 is 21.2 Å². The number of rotatable bonds is 12. The van der Waals surface area contributed by atoms with Crippen molar-refractivity contribution in [2.75, 3.05) is 26.4 Å². The molecule has 0 saturated carbocycles. The summed E-state index contributed by atoms with van der Waals surface area (Å²) in [7, 11) is 0. The summed E-state index contributed by atoms with van der Waals surface area (Å²) in [6.45, 7) is 1.61. The molecule has 0 radical (unpaired) electrons. The molecule has 4 aromatic carbocycles. The highest BCUT2D eigenvalue weighted by Gasteiger charge is 2.12. The van der Waals surface area contributed by atoms with Gasteiger partial charge in [0.25, 0.3) is 0 Å². The number of hydrogen-bond acceptors (Lipinski definition) is 7. The third-order valence-corrected chi connectivity index (χ3v) is 5.64. The van der Waals surface area contributed by atoms with E-state index in [9.17, 15) is 0 Å². The molecule has 0 aromatic heterocycles. The van der Waals surface area contributed by atoms with Gasteiger partial charge in [-0.1, -0.05) is 84.9 Å². The monoisotopic (exact) mass is 494 g/mol. The smallest absolute Gasteiger partial charge is 0.127 e. The maximum absolute atomic E-state index is 6.07. The molecule has 4 N–H and O–H groups in total. The van der Waals surface area contributed by atoms with Crippen LogP contribution in [-0.4, -0.2) is 38.9 Å². The second kappa shape index (κ2) is 13.5. The predicted molar refractivity (Wildman–Crippen MR) is 149 cm³/mol. The van der Waals surface area contributed by atoms with E-state index in [2.05, 4.69) is 10.2 Å². The molecule has 0 amide bonds. The molecule has 7 heteroatoms. The summed E-state index contributed by atoms with van der Waals surface area (Å²) in [4.78, 5) is 0. The first kappa shape index (κ1) is 25.5. The third kappa shape index (κ3) is 6.74. The molecule has 0 fully saturated rings. The number of hydrogen-bond donors (Lipinski definition) is 2. The van der Waals surface area contributed by atoms with Gasteiger partial charge in [-0.25, -0.2) is 0 Å². The van der Waals surface area contributed by atoms with Crippen LogP contribution in [-0.2, 0) is 4.74 Å². The highest BCUT2D eigenvalue weighted by molar-refractivity contribution is 5.93. The Kier molecular flexibility index (Phi) is 9.27. The van der Waals surface area contributed by atoms with Gasteiger partial charge in [0, 0.05) is 22.3 Å². The molecule has 4 aromatic rings. The van der Waals surface area contributed by atoms with Gasteiger partial charge >= 0.3 is 0 Å². The lowest BCUT2D eigenvalue weighted by molar-refractivity contribution is 0.0767. The molecule has 0 atom stereocenters. The van der Waals surface area contributed by atoms with Crippen LogP contribution in [0.15, 0.2) is 107 Å². The highest BCUT2D eigenvalue weighted by Crippen LogP contribution is 2.34. The third-order valence-electron chi connectivity index (χ3n) is 5.64. The van der Waals surface area contributed by atoms with E-state index < -0.39 is 0 Å². The van der Waals surface area contributed by atoms with Crippen molar-refractivity contribution in [3.05, 3.63) is 108 Å². The number of ether oxygens (including phenoxy) is 3. The van der Waals surface area contributed by atoms with E-state index in [0.717, 1.165) is 44.9 Å². The Morgan fingerprint density at radius 3 is 1.35 bits per heavy atom. The van der Waals surface area contributed by atoms with E-state index in [1.807, 2.05) is 97.1 Å². The zero-order valence-electron chi connectivity index (χ0n) is 20.5. The van der Waals surface area contributed by atoms with Crippen LogP contribution in [0, 0.1) is 0 Å². The van der Waals surface area contributed by atoms with Crippen molar-refractivity contribution in [1.29, 1.82) is 0 Å². The molecule has 37 heavy (non-hydrogen) atoms. The van der Waals surface area contributed by atoms with Crippen molar-refractivity contribution in [3.8, 4) is 33.8 Å². The number of hydrazone groups is 2.